The minimum absolute atomic E-state index is 0.118. The molecule has 0 fully saturated rings. The summed E-state index contributed by atoms with van der Waals surface area (Å²) in [4.78, 5) is 12.1. The third kappa shape index (κ3) is 4.98. The molecule has 2 aromatic rings. The summed E-state index contributed by atoms with van der Waals surface area (Å²) in [6.07, 6.45) is 6.54. The van der Waals surface area contributed by atoms with Gasteiger partial charge in [0, 0.05) is 5.56 Å². The normalized spacial score (nSPS) is 11.0. The van der Waals surface area contributed by atoms with Gasteiger partial charge in [-0.1, -0.05) is 12.1 Å². The lowest BCUT2D eigenvalue weighted by Gasteiger charge is -2.06. The summed E-state index contributed by atoms with van der Waals surface area (Å²) >= 11 is 0. The van der Waals surface area contributed by atoms with Gasteiger partial charge in [0.15, 0.2) is 5.78 Å². The van der Waals surface area contributed by atoms with Crippen LogP contribution in [0.4, 0.5) is 0 Å². The highest BCUT2D eigenvalue weighted by Crippen LogP contribution is 2.25. The van der Waals surface area contributed by atoms with Gasteiger partial charge in [0.2, 0.25) is 0 Å². The molecule has 2 aromatic carbocycles. The van der Waals surface area contributed by atoms with Crippen molar-refractivity contribution in [3.05, 3.63) is 65.2 Å². The summed E-state index contributed by atoms with van der Waals surface area (Å²) in [5, 5.41) is 0. The van der Waals surface area contributed by atoms with Crippen LogP contribution in [0.15, 0.2) is 48.6 Å². The van der Waals surface area contributed by atoms with Gasteiger partial charge in [-0.15, -0.1) is 0 Å². The molecule has 0 aliphatic heterocycles. The zero-order valence-electron chi connectivity index (χ0n) is 14.9. The molecule has 0 aliphatic rings. The van der Waals surface area contributed by atoms with Gasteiger partial charge in [-0.05, 0) is 66.6 Å². The first kappa shape index (κ1) is 18.3. The van der Waals surface area contributed by atoms with Crippen LogP contribution in [0.1, 0.15) is 16.7 Å². The number of ether oxygens (including phenoxy) is 3. The molecule has 0 N–H and O–H groups in total. The summed E-state index contributed by atoms with van der Waals surface area (Å²) in [5.41, 5.74) is 2.80. The van der Waals surface area contributed by atoms with Crippen LogP contribution in [0, 0.1) is 6.92 Å². The van der Waals surface area contributed by atoms with Gasteiger partial charge in [-0.25, -0.2) is 0 Å². The van der Waals surface area contributed by atoms with Crippen molar-refractivity contribution in [3.8, 4) is 17.2 Å². The molecule has 0 saturated heterocycles. The SMILES string of the molecule is COc1ccc(C)c(C=CC(=O)C=Cc2cc(OC)ccc2OC)c1. The molecule has 0 bridgehead atoms. The van der Waals surface area contributed by atoms with Crippen molar-refractivity contribution in [2.75, 3.05) is 21.3 Å². The van der Waals surface area contributed by atoms with E-state index in [0.717, 1.165) is 22.4 Å². The van der Waals surface area contributed by atoms with Crippen molar-refractivity contribution in [2.24, 2.45) is 0 Å². The van der Waals surface area contributed by atoms with Crippen LogP contribution in [-0.4, -0.2) is 27.1 Å². The lowest BCUT2D eigenvalue weighted by molar-refractivity contribution is -0.110. The first-order valence-electron chi connectivity index (χ1n) is 7.84. The topological polar surface area (TPSA) is 44.8 Å². The number of carbonyl (C=O) groups is 1. The van der Waals surface area contributed by atoms with Crippen LogP contribution in [0.5, 0.6) is 17.2 Å². The number of carbonyl (C=O) groups excluding carboxylic acids is 1. The molecule has 0 atom stereocenters. The molecular formula is C21H22O4. The highest BCUT2D eigenvalue weighted by atomic mass is 16.5. The molecule has 130 valence electrons. The maximum absolute atomic E-state index is 12.1. The van der Waals surface area contributed by atoms with Crippen molar-refractivity contribution >= 4 is 17.9 Å². The van der Waals surface area contributed by atoms with Gasteiger partial charge < -0.3 is 14.2 Å². The molecule has 0 amide bonds. The van der Waals surface area contributed by atoms with Crippen LogP contribution < -0.4 is 14.2 Å². The van der Waals surface area contributed by atoms with Gasteiger partial charge in [-0.2, -0.15) is 0 Å². The number of ketones is 1. The Hall–Kier alpha value is -3.01. The maximum Gasteiger partial charge on any atom is 0.178 e. The number of allylic oxidation sites excluding steroid dienone is 2. The van der Waals surface area contributed by atoms with E-state index in [1.807, 2.05) is 37.3 Å². The molecule has 0 radical (unpaired) electrons. The van der Waals surface area contributed by atoms with E-state index in [2.05, 4.69) is 0 Å². The molecule has 0 aliphatic carbocycles. The number of benzene rings is 2. The van der Waals surface area contributed by atoms with Gasteiger partial charge in [0.25, 0.3) is 0 Å². The lowest BCUT2D eigenvalue weighted by atomic mass is 10.1. The first-order chi connectivity index (χ1) is 12.1. The second-order valence-corrected chi connectivity index (χ2v) is 5.40. The van der Waals surface area contributed by atoms with E-state index in [4.69, 9.17) is 14.2 Å². The number of methoxy groups -OCH3 is 3. The lowest BCUT2D eigenvalue weighted by Crippen LogP contribution is -1.91. The number of hydrogen-bond donors (Lipinski definition) is 0. The summed E-state index contributed by atoms with van der Waals surface area (Å²) in [7, 11) is 4.81. The fourth-order valence-electron chi connectivity index (χ4n) is 2.29. The fraction of sp³-hybridized carbons (Fsp3) is 0.190. The zero-order valence-corrected chi connectivity index (χ0v) is 14.9. The van der Waals surface area contributed by atoms with E-state index in [1.165, 1.54) is 12.2 Å². The van der Waals surface area contributed by atoms with Gasteiger partial charge in [0.05, 0.1) is 21.3 Å². The Bertz CT molecular complexity index is 804. The highest BCUT2D eigenvalue weighted by Gasteiger charge is 2.03. The Balaban J connectivity index is 2.16. The van der Waals surface area contributed by atoms with Crippen LogP contribution >= 0.6 is 0 Å². The predicted octanol–water partition coefficient (Wildman–Crippen LogP) is 4.32. The van der Waals surface area contributed by atoms with Crippen molar-refractivity contribution in [3.63, 3.8) is 0 Å². The molecule has 4 heteroatoms. The van der Waals surface area contributed by atoms with E-state index in [-0.39, 0.29) is 5.78 Å². The molecule has 0 saturated carbocycles. The van der Waals surface area contributed by atoms with Crippen LogP contribution in [0.2, 0.25) is 0 Å². The smallest absolute Gasteiger partial charge is 0.178 e. The molecule has 25 heavy (non-hydrogen) atoms. The Morgan fingerprint density at radius 2 is 1.36 bits per heavy atom. The van der Waals surface area contributed by atoms with Crippen molar-refractivity contribution in [1.82, 2.24) is 0 Å². The second kappa shape index (κ2) is 8.73. The van der Waals surface area contributed by atoms with E-state index in [1.54, 1.807) is 39.5 Å². The average Bonchev–Trinajstić information content (AvgIpc) is 2.65. The third-order valence-electron chi connectivity index (χ3n) is 3.78. The van der Waals surface area contributed by atoms with Crippen molar-refractivity contribution in [1.29, 1.82) is 0 Å². The maximum atomic E-state index is 12.1. The molecule has 0 heterocycles. The van der Waals surface area contributed by atoms with E-state index < -0.39 is 0 Å². The standard InChI is InChI=1S/C21H22O4/c1-15-5-10-19(23-2)13-16(15)6-8-18(22)9-7-17-14-20(24-3)11-12-21(17)25-4/h5-14H,1-4H3. The largest absolute Gasteiger partial charge is 0.497 e. The summed E-state index contributed by atoms with van der Waals surface area (Å²) in [6, 6.07) is 11.2. The molecule has 0 aromatic heterocycles. The Morgan fingerprint density at radius 1 is 0.800 bits per heavy atom. The van der Waals surface area contributed by atoms with Gasteiger partial charge in [-0.3, -0.25) is 4.79 Å². The Labute approximate surface area is 148 Å². The van der Waals surface area contributed by atoms with E-state index in [9.17, 15) is 4.79 Å². The summed E-state index contributed by atoms with van der Waals surface area (Å²) < 4.78 is 15.7. The molecular weight excluding hydrogens is 316 g/mol. The van der Waals surface area contributed by atoms with Crippen molar-refractivity contribution in [2.45, 2.75) is 6.92 Å². The number of aryl methyl sites for hydroxylation is 1. The highest BCUT2D eigenvalue weighted by molar-refractivity contribution is 6.04. The third-order valence-corrected chi connectivity index (χ3v) is 3.78. The predicted molar refractivity (Wildman–Crippen MR) is 100 cm³/mol. The average molecular weight is 338 g/mol. The summed E-state index contributed by atoms with van der Waals surface area (Å²) in [6.45, 7) is 1.99. The monoisotopic (exact) mass is 338 g/mol. The van der Waals surface area contributed by atoms with Gasteiger partial charge in [0.1, 0.15) is 17.2 Å². The Kier molecular flexibility index (Phi) is 6.40. The number of rotatable bonds is 7. The quantitative estimate of drug-likeness (QED) is 0.706. The van der Waals surface area contributed by atoms with Crippen molar-refractivity contribution < 1.29 is 19.0 Å². The molecule has 0 unspecified atom stereocenters. The fourth-order valence-corrected chi connectivity index (χ4v) is 2.29. The van der Waals surface area contributed by atoms with Crippen LogP contribution in [0.25, 0.3) is 12.2 Å². The first-order valence-corrected chi connectivity index (χ1v) is 7.84. The minimum atomic E-state index is -0.118. The van der Waals surface area contributed by atoms with E-state index >= 15 is 0 Å². The zero-order chi connectivity index (χ0) is 18.2. The van der Waals surface area contributed by atoms with E-state index in [0.29, 0.717) is 11.5 Å². The van der Waals surface area contributed by atoms with Gasteiger partial charge >= 0.3 is 0 Å². The van der Waals surface area contributed by atoms with Crippen LogP contribution in [0.3, 0.4) is 0 Å². The molecule has 4 nitrogen and oxygen atoms in total. The minimum Gasteiger partial charge on any atom is -0.497 e. The molecule has 0 spiro atoms. The second-order valence-electron chi connectivity index (χ2n) is 5.40. The molecule has 2 rings (SSSR count). The van der Waals surface area contributed by atoms with Crippen LogP contribution in [-0.2, 0) is 4.79 Å². The summed E-state index contributed by atoms with van der Waals surface area (Å²) in [5.74, 6) is 2.02. The number of hydrogen-bond acceptors (Lipinski definition) is 4. The Morgan fingerprint density at radius 3 is 1.96 bits per heavy atom.